The van der Waals surface area contributed by atoms with Gasteiger partial charge in [0.1, 0.15) is 0 Å². The predicted molar refractivity (Wildman–Crippen MR) is 76.1 cm³/mol. The van der Waals surface area contributed by atoms with Crippen molar-refractivity contribution in [2.45, 2.75) is 6.92 Å². The van der Waals surface area contributed by atoms with Crippen LogP contribution >= 0.6 is 0 Å². The van der Waals surface area contributed by atoms with Gasteiger partial charge in [-0.25, -0.2) is 9.59 Å². The van der Waals surface area contributed by atoms with Gasteiger partial charge in [-0.15, -0.1) is 0 Å². The first-order chi connectivity index (χ1) is 10.5. The minimum Gasteiger partial charge on any atom is -0.452 e. The number of esters is 1. The molecule has 0 unspecified atom stereocenters. The lowest BCUT2D eigenvalue weighted by Crippen LogP contribution is -2.37. The molecule has 0 atom stereocenters. The lowest BCUT2D eigenvalue weighted by atomic mass is 10.2. The number of hydrogen-bond donors (Lipinski definition) is 2. The van der Waals surface area contributed by atoms with Gasteiger partial charge in [0.15, 0.2) is 6.61 Å². The van der Waals surface area contributed by atoms with E-state index in [1.54, 1.807) is 12.1 Å². The monoisotopic (exact) mass is 305 g/mol. The van der Waals surface area contributed by atoms with Crippen molar-refractivity contribution in [3.63, 3.8) is 0 Å². The summed E-state index contributed by atoms with van der Waals surface area (Å²) in [5, 5.41) is 5.02. The molecule has 2 N–H and O–H groups in total. The molecule has 1 aliphatic heterocycles. The molecule has 22 heavy (non-hydrogen) atoms. The molecule has 8 nitrogen and oxygen atoms in total. The lowest BCUT2D eigenvalue weighted by molar-refractivity contribution is -0.130. The van der Waals surface area contributed by atoms with Gasteiger partial charge in [0, 0.05) is 25.7 Å². The SMILES string of the molecule is CC(=O)Nc1cccc(C(=O)OCC(=O)N2CCNC2=O)c1. The van der Waals surface area contributed by atoms with E-state index in [4.69, 9.17) is 4.74 Å². The third kappa shape index (κ3) is 3.81. The highest BCUT2D eigenvalue weighted by atomic mass is 16.5. The van der Waals surface area contributed by atoms with Gasteiger partial charge in [0.05, 0.1) is 5.56 Å². The number of anilines is 1. The second-order valence-electron chi connectivity index (χ2n) is 4.62. The molecular weight excluding hydrogens is 290 g/mol. The van der Waals surface area contributed by atoms with E-state index in [0.717, 1.165) is 4.90 Å². The number of nitrogens with zero attached hydrogens (tertiary/aromatic N) is 1. The van der Waals surface area contributed by atoms with Gasteiger partial charge in [0.25, 0.3) is 5.91 Å². The summed E-state index contributed by atoms with van der Waals surface area (Å²) in [6, 6.07) is 5.65. The first-order valence-electron chi connectivity index (χ1n) is 6.60. The van der Waals surface area contributed by atoms with Gasteiger partial charge in [-0.05, 0) is 18.2 Å². The maximum atomic E-state index is 11.9. The average molecular weight is 305 g/mol. The highest BCUT2D eigenvalue weighted by molar-refractivity contribution is 5.98. The predicted octanol–water partition coefficient (Wildman–Crippen LogP) is 0.354. The van der Waals surface area contributed by atoms with Gasteiger partial charge in [0.2, 0.25) is 5.91 Å². The number of carbonyl (C=O) groups is 4. The Hall–Kier alpha value is -2.90. The Bertz CT molecular complexity index is 629. The van der Waals surface area contributed by atoms with E-state index in [-0.39, 0.29) is 18.0 Å². The number of urea groups is 1. The summed E-state index contributed by atoms with van der Waals surface area (Å²) >= 11 is 0. The minimum absolute atomic E-state index is 0.199. The number of rotatable bonds is 4. The third-order valence-electron chi connectivity index (χ3n) is 2.90. The van der Waals surface area contributed by atoms with Gasteiger partial charge in [-0.1, -0.05) is 6.07 Å². The van der Waals surface area contributed by atoms with Crippen molar-refractivity contribution < 1.29 is 23.9 Å². The number of carbonyl (C=O) groups excluding carboxylic acids is 4. The summed E-state index contributed by atoms with van der Waals surface area (Å²) in [6.07, 6.45) is 0. The van der Waals surface area contributed by atoms with Crippen molar-refractivity contribution in [3.05, 3.63) is 29.8 Å². The van der Waals surface area contributed by atoms with Crippen LogP contribution < -0.4 is 10.6 Å². The number of benzene rings is 1. The summed E-state index contributed by atoms with van der Waals surface area (Å²) in [4.78, 5) is 46.9. The molecule has 0 saturated carbocycles. The Balaban J connectivity index is 1.93. The number of hydrogen-bond acceptors (Lipinski definition) is 5. The maximum Gasteiger partial charge on any atom is 0.338 e. The molecule has 116 valence electrons. The van der Waals surface area contributed by atoms with Crippen molar-refractivity contribution in [2.75, 3.05) is 25.0 Å². The number of imide groups is 1. The molecule has 1 aromatic rings. The molecule has 2 rings (SSSR count). The molecule has 8 heteroatoms. The fourth-order valence-corrected chi connectivity index (χ4v) is 1.93. The van der Waals surface area contributed by atoms with Crippen molar-refractivity contribution in [2.24, 2.45) is 0 Å². The van der Waals surface area contributed by atoms with E-state index in [1.807, 2.05) is 0 Å². The van der Waals surface area contributed by atoms with E-state index in [1.165, 1.54) is 19.1 Å². The van der Waals surface area contributed by atoms with Crippen molar-refractivity contribution >= 4 is 29.5 Å². The van der Waals surface area contributed by atoms with E-state index in [0.29, 0.717) is 12.2 Å². The standard InChI is InChI=1S/C14H15N3O5/c1-9(18)16-11-4-2-3-10(7-11)13(20)22-8-12(19)17-6-5-15-14(17)21/h2-4,7H,5-6,8H2,1H3,(H,15,21)(H,16,18). The van der Waals surface area contributed by atoms with Crippen LogP contribution in [-0.2, 0) is 14.3 Å². The zero-order chi connectivity index (χ0) is 16.1. The molecule has 1 fully saturated rings. The Morgan fingerprint density at radius 1 is 1.36 bits per heavy atom. The Labute approximate surface area is 126 Å². The molecule has 1 aromatic carbocycles. The van der Waals surface area contributed by atoms with Crippen molar-refractivity contribution in [3.8, 4) is 0 Å². The molecule has 4 amide bonds. The normalized spacial score (nSPS) is 13.5. The fourth-order valence-electron chi connectivity index (χ4n) is 1.93. The molecule has 0 aromatic heterocycles. The van der Waals surface area contributed by atoms with Crippen LogP contribution in [0.25, 0.3) is 0 Å². The largest absolute Gasteiger partial charge is 0.452 e. The van der Waals surface area contributed by atoms with Crippen LogP contribution in [0.15, 0.2) is 24.3 Å². The maximum absolute atomic E-state index is 11.9. The summed E-state index contributed by atoms with van der Waals surface area (Å²) in [5.41, 5.74) is 0.650. The van der Waals surface area contributed by atoms with Gasteiger partial charge >= 0.3 is 12.0 Å². The summed E-state index contributed by atoms with van der Waals surface area (Å²) in [7, 11) is 0. The summed E-state index contributed by atoms with van der Waals surface area (Å²) in [5.74, 6) is -1.55. The van der Waals surface area contributed by atoms with Crippen molar-refractivity contribution in [1.29, 1.82) is 0 Å². The zero-order valence-corrected chi connectivity index (χ0v) is 11.9. The second-order valence-corrected chi connectivity index (χ2v) is 4.62. The Morgan fingerprint density at radius 2 is 2.14 bits per heavy atom. The van der Waals surface area contributed by atoms with Crippen LogP contribution in [0.1, 0.15) is 17.3 Å². The van der Waals surface area contributed by atoms with Crippen LogP contribution in [0.2, 0.25) is 0 Å². The Kier molecular flexibility index (Phi) is 4.72. The number of nitrogens with one attached hydrogen (secondary N) is 2. The van der Waals surface area contributed by atoms with Crippen LogP contribution in [0.5, 0.6) is 0 Å². The van der Waals surface area contributed by atoms with E-state index in [2.05, 4.69) is 10.6 Å². The molecule has 0 spiro atoms. The smallest absolute Gasteiger partial charge is 0.338 e. The van der Waals surface area contributed by atoms with E-state index < -0.39 is 24.5 Å². The van der Waals surface area contributed by atoms with Crippen LogP contribution in [0, 0.1) is 0 Å². The molecule has 0 bridgehead atoms. The van der Waals surface area contributed by atoms with Crippen LogP contribution in [0.3, 0.4) is 0 Å². The average Bonchev–Trinajstić information content (AvgIpc) is 2.90. The molecule has 0 radical (unpaired) electrons. The number of ether oxygens (including phenoxy) is 1. The molecule has 0 aliphatic carbocycles. The summed E-state index contributed by atoms with van der Waals surface area (Å²) < 4.78 is 4.89. The number of amides is 4. The van der Waals surface area contributed by atoms with E-state index >= 15 is 0 Å². The highest BCUT2D eigenvalue weighted by Gasteiger charge is 2.26. The van der Waals surface area contributed by atoms with Gasteiger partial charge < -0.3 is 15.4 Å². The molecule has 1 heterocycles. The third-order valence-corrected chi connectivity index (χ3v) is 2.90. The first kappa shape index (κ1) is 15.5. The molecule has 1 saturated heterocycles. The Morgan fingerprint density at radius 3 is 2.77 bits per heavy atom. The fraction of sp³-hybridized carbons (Fsp3) is 0.286. The van der Waals surface area contributed by atoms with Crippen molar-refractivity contribution in [1.82, 2.24) is 10.2 Å². The molecule has 1 aliphatic rings. The van der Waals surface area contributed by atoms with Crippen LogP contribution in [-0.4, -0.2) is 48.4 Å². The zero-order valence-electron chi connectivity index (χ0n) is 11.9. The van der Waals surface area contributed by atoms with Crippen LogP contribution in [0.4, 0.5) is 10.5 Å². The van der Waals surface area contributed by atoms with Gasteiger partial charge in [-0.3, -0.25) is 14.5 Å². The minimum atomic E-state index is -0.708. The lowest BCUT2D eigenvalue weighted by Gasteiger charge is -2.12. The van der Waals surface area contributed by atoms with E-state index in [9.17, 15) is 19.2 Å². The summed E-state index contributed by atoms with van der Waals surface area (Å²) in [6.45, 7) is 1.48. The first-order valence-corrected chi connectivity index (χ1v) is 6.60. The molecular formula is C14H15N3O5. The quantitative estimate of drug-likeness (QED) is 0.781. The highest BCUT2D eigenvalue weighted by Crippen LogP contribution is 2.12. The van der Waals surface area contributed by atoms with Gasteiger partial charge in [-0.2, -0.15) is 0 Å². The topological polar surface area (TPSA) is 105 Å². The second kappa shape index (κ2) is 6.70.